The predicted molar refractivity (Wildman–Crippen MR) is 139 cm³/mol. The van der Waals surface area contributed by atoms with Gasteiger partial charge in [-0.3, -0.25) is 14.4 Å². The minimum Gasteiger partial charge on any atom is -0.391 e. The number of amides is 3. The van der Waals surface area contributed by atoms with Gasteiger partial charge in [0.2, 0.25) is 17.7 Å². The Bertz CT molecular complexity index is 1160. The Morgan fingerprint density at radius 2 is 1.89 bits per heavy atom. The monoisotopic (exact) mass is 523 g/mol. The second kappa shape index (κ2) is 9.94. The molecule has 3 heterocycles. The molecule has 3 N–H and O–H groups in total. The van der Waals surface area contributed by atoms with Crippen LogP contribution in [-0.2, 0) is 31.3 Å². The number of hydrogen-bond donors (Lipinski definition) is 3. The molecule has 3 amide bonds. The lowest BCUT2D eigenvalue weighted by Gasteiger charge is -2.36. The Balaban J connectivity index is 1.27. The van der Waals surface area contributed by atoms with Gasteiger partial charge in [-0.1, -0.05) is 69.3 Å². The molecule has 1 aliphatic carbocycles. The minimum absolute atomic E-state index is 0.0536. The smallest absolute Gasteiger partial charge is 0.246 e. The van der Waals surface area contributed by atoms with Gasteiger partial charge < -0.3 is 30.1 Å². The number of ether oxygens (including phenoxy) is 1. The molecule has 1 aromatic rings. The van der Waals surface area contributed by atoms with Gasteiger partial charge in [0, 0.05) is 31.5 Å². The van der Waals surface area contributed by atoms with E-state index in [1.165, 1.54) is 4.90 Å². The van der Waals surface area contributed by atoms with Crippen molar-refractivity contribution in [1.29, 1.82) is 0 Å². The first kappa shape index (κ1) is 26.6. The normalized spacial score (nSPS) is 30.4. The number of nitrogens with zero attached hydrogens (tertiary/aromatic N) is 2. The third-order valence-electron chi connectivity index (χ3n) is 8.39. The molecular formula is C29H37N3O6. The number of rotatable bonds is 7. The molecule has 9 nitrogen and oxygen atoms in total. The van der Waals surface area contributed by atoms with Crippen molar-refractivity contribution in [2.75, 3.05) is 26.3 Å². The summed E-state index contributed by atoms with van der Waals surface area (Å²) >= 11 is 0. The van der Waals surface area contributed by atoms with Gasteiger partial charge >= 0.3 is 0 Å². The SMILES string of the molecule is CC(C)[C@@H](C(=O)N1C[C@H](O)C[C@H]1C(=O)NCc1ccc(C2(O)COC2)cc1)N1CC2(C)C=CC=CC2C1=O. The fourth-order valence-electron chi connectivity index (χ4n) is 6.10. The van der Waals surface area contributed by atoms with E-state index in [2.05, 4.69) is 5.32 Å². The van der Waals surface area contributed by atoms with Crippen molar-refractivity contribution in [2.24, 2.45) is 17.3 Å². The standard InChI is InChI=1S/C29H37N3O6/c1-18(2)24(32-15-28(3)11-5-4-6-22(28)26(32)35)27(36)31-14-21(33)12-23(31)25(34)30-13-19-7-9-20(10-8-19)29(37)16-38-17-29/h4-11,18,21-24,33,37H,12-17H2,1-3H3,(H,30,34)/t21-,22?,23+,24+,28?/m1/s1. The number of benzene rings is 1. The average Bonchev–Trinajstić information content (AvgIpc) is 3.38. The Kier molecular flexibility index (Phi) is 6.96. The highest BCUT2D eigenvalue weighted by atomic mass is 16.5. The summed E-state index contributed by atoms with van der Waals surface area (Å²) in [6.45, 7) is 7.11. The molecule has 5 atom stereocenters. The van der Waals surface area contributed by atoms with Crippen molar-refractivity contribution in [3.8, 4) is 0 Å². The Morgan fingerprint density at radius 1 is 1.18 bits per heavy atom. The summed E-state index contributed by atoms with van der Waals surface area (Å²) in [7, 11) is 0. The van der Waals surface area contributed by atoms with E-state index in [-0.39, 0.29) is 67.7 Å². The van der Waals surface area contributed by atoms with E-state index >= 15 is 0 Å². The van der Waals surface area contributed by atoms with Gasteiger partial charge in [-0.25, -0.2) is 0 Å². The molecule has 3 aliphatic heterocycles. The molecular weight excluding hydrogens is 486 g/mol. The van der Waals surface area contributed by atoms with E-state index in [1.54, 1.807) is 4.90 Å². The summed E-state index contributed by atoms with van der Waals surface area (Å²) in [4.78, 5) is 43.6. The number of likely N-dealkylation sites (tertiary alicyclic amines) is 2. The highest BCUT2D eigenvalue weighted by molar-refractivity contribution is 5.94. The highest BCUT2D eigenvalue weighted by Gasteiger charge is 2.52. The lowest BCUT2D eigenvalue weighted by atomic mass is 9.77. The number of nitrogens with one attached hydrogen (secondary N) is 1. The van der Waals surface area contributed by atoms with Crippen LogP contribution in [0.15, 0.2) is 48.6 Å². The van der Waals surface area contributed by atoms with Crippen molar-refractivity contribution < 1.29 is 29.3 Å². The van der Waals surface area contributed by atoms with Crippen LogP contribution in [0.3, 0.4) is 0 Å². The Morgan fingerprint density at radius 3 is 2.50 bits per heavy atom. The summed E-state index contributed by atoms with van der Waals surface area (Å²) in [5.74, 6) is -1.21. The zero-order valence-electron chi connectivity index (χ0n) is 22.2. The lowest BCUT2D eigenvalue weighted by molar-refractivity contribution is -0.184. The molecule has 204 valence electrons. The Labute approximate surface area is 223 Å². The molecule has 0 spiro atoms. The van der Waals surface area contributed by atoms with Crippen molar-refractivity contribution in [3.05, 3.63) is 59.7 Å². The van der Waals surface area contributed by atoms with Crippen molar-refractivity contribution in [1.82, 2.24) is 15.1 Å². The van der Waals surface area contributed by atoms with E-state index in [1.807, 2.05) is 69.3 Å². The maximum absolute atomic E-state index is 13.9. The van der Waals surface area contributed by atoms with Crippen LogP contribution in [0, 0.1) is 17.3 Å². The zero-order chi connectivity index (χ0) is 27.2. The third kappa shape index (κ3) is 4.67. The van der Waals surface area contributed by atoms with Crippen LogP contribution >= 0.6 is 0 Å². The first-order valence-electron chi connectivity index (χ1n) is 13.3. The third-order valence-corrected chi connectivity index (χ3v) is 8.39. The molecule has 1 aromatic carbocycles. The van der Waals surface area contributed by atoms with Crippen molar-refractivity contribution in [2.45, 2.75) is 57.5 Å². The van der Waals surface area contributed by atoms with Crippen LogP contribution < -0.4 is 5.32 Å². The van der Waals surface area contributed by atoms with E-state index in [4.69, 9.17) is 4.74 Å². The summed E-state index contributed by atoms with van der Waals surface area (Å²) in [5.41, 5.74) is 0.290. The van der Waals surface area contributed by atoms with Gasteiger partial charge in [0.15, 0.2) is 0 Å². The summed E-state index contributed by atoms with van der Waals surface area (Å²) in [5, 5.41) is 23.7. The van der Waals surface area contributed by atoms with E-state index in [0.29, 0.717) is 6.54 Å². The molecule has 4 aliphatic rings. The summed E-state index contributed by atoms with van der Waals surface area (Å²) < 4.78 is 5.11. The van der Waals surface area contributed by atoms with Gasteiger partial charge in [0.05, 0.1) is 25.2 Å². The Hall–Kier alpha value is -3.01. The van der Waals surface area contributed by atoms with Crippen LogP contribution in [0.1, 0.15) is 38.3 Å². The van der Waals surface area contributed by atoms with Crippen LogP contribution in [0.5, 0.6) is 0 Å². The lowest BCUT2D eigenvalue weighted by Crippen LogP contribution is -2.56. The molecule has 3 saturated heterocycles. The maximum atomic E-state index is 13.9. The summed E-state index contributed by atoms with van der Waals surface area (Å²) in [6, 6.07) is 5.79. The van der Waals surface area contributed by atoms with Crippen molar-refractivity contribution >= 4 is 17.7 Å². The molecule has 0 aromatic heterocycles. The number of fused-ring (bicyclic) bond motifs is 1. The number of aliphatic hydroxyl groups excluding tert-OH is 1. The maximum Gasteiger partial charge on any atom is 0.246 e. The van der Waals surface area contributed by atoms with Crippen LogP contribution in [0.4, 0.5) is 0 Å². The zero-order valence-corrected chi connectivity index (χ0v) is 22.2. The largest absolute Gasteiger partial charge is 0.391 e. The topological polar surface area (TPSA) is 119 Å². The molecule has 0 bridgehead atoms. The molecule has 9 heteroatoms. The first-order chi connectivity index (χ1) is 18.0. The molecule has 38 heavy (non-hydrogen) atoms. The molecule has 0 radical (unpaired) electrons. The molecule has 0 saturated carbocycles. The van der Waals surface area contributed by atoms with E-state index < -0.39 is 23.8 Å². The predicted octanol–water partition coefficient (Wildman–Crippen LogP) is 1.10. The molecule has 3 fully saturated rings. The number of allylic oxidation sites excluding steroid dienone is 2. The van der Waals surface area contributed by atoms with Crippen LogP contribution in [-0.4, -0.2) is 82.2 Å². The quantitative estimate of drug-likeness (QED) is 0.493. The fourth-order valence-corrected chi connectivity index (χ4v) is 6.10. The van der Waals surface area contributed by atoms with Crippen LogP contribution in [0.2, 0.25) is 0 Å². The van der Waals surface area contributed by atoms with Crippen molar-refractivity contribution in [3.63, 3.8) is 0 Å². The average molecular weight is 524 g/mol. The van der Waals surface area contributed by atoms with Gasteiger partial charge in [-0.05, 0) is 17.0 Å². The fraction of sp³-hybridized carbons (Fsp3) is 0.552. The van der Waals surface area contributed by atoms with Gasteiger partial charge in [0.1, 0.15) is 17.7 Å². The molecule has 2 unspecified atom stereocenters. The number of carbonyl (C=O) groups is 3. The summed E-state index contributed by atoms with van der Waals surface area (Å²) in [6.07, 6.45) is 7.07. The van der Waals surface area contributed by atoms with Crippen LogP contribution in [0.25, 0.3) is 0 Å². The molecule has 5 rings (SSSR count). The van der Waals surface area contributed by atoms with Gasteiger partial charge in [0.25, 0.3) is 0 Å². The number of β-amino-alcohol motifs (C(OH)–C–C–N with tert-alkyl or cyclic N) is 1. The number of hydrogen-bond acceptors (Lipinski definition) is 6. The second-order valence-electron chi connectivity index (χ2n) is 11.7. The number of aliphatic hydroxyl groups is 2. The van der Waals surface area contributed by atoms with E-state index in [0.717, 1.165) is 11.1 Å². The number of carbonyl (C=O) groups excluding carboxylic acids is 3. The van der Waals surface area contributed by atoms with Gasteiger partial charge in [-0.2, -0.15) is 0 Å². The van der Waals surface area contributed by atoms with Gasteiger partial charge in [-0.15, -0.1) is 0 Å². The second-order valence-corrected chi connectivity index (χ2v) is 11.7. The van der Waals surface area contributed by atoms with E-state index in [9.17, 15) is 24.6 Å². The minimum atomic E-state index is -0.950. The highest BCUT2D eigenvalue weighted by Crippen LogP contribution is 2.43. The first-order valence-corrected chi connectivity index (χ1v) is 13.3.